The van der Waals surface area contributed by atoms with Crippen LogP contribution in [-0.4, -0.2) is 35.0 Å². The van der Waals surface area contributed by atoms with Crippen molar-refractivity contribution in [1.29, 1.82) is 0 Å². The van der Waals surface area contributed by atoms with Crippen LogP contribution in [-0.2, 0) is 17.4 Å². The second-order valence-corrected chi connectivity index (χ2v) is 8.98. The maximum atomic E-state index is 14.6. The van der Waals surface area contributed by atoms with E-state index in [0.29, 0.717) is 17.9 Å². The molecule has 4 rings (SSSR count). The smallest absolute Gasteiger partial charge is 0.214 e. The summed E-state index contributed by atoms with van der Waals surface area (Å²) in [6.45, 7) is 5.15. The average Bonchev–Trinajstić information content (AvgIpc) is 3.32. The Bertz CT molecular complexity index is 1120. The van der Waals surface area contributed by atoms with Crippen molar-refractivity contribution in [3.05, 3.63) is 77.1 Å². The number of aromatic nitrogens is 2. The number of likely N-dealkylation sites (tertiary alicyclic amines) is 1. The van der Waals surface area contributed by atoms with E-state index in [-0.39, 0.29) is 25.1 Å². The molecule has 1 aliphatic heterocycles. The van der Waals surface area contributed by atoms with Gasteiger partial charge in [-0.3, -0.25) is 9.21 Å². The number of pyridine rings is 2. The molecule has 0 unspecified atom stereocenters. The highest BCUT2D eigenvalue weighted by Gasteiger charge is 2.16. The van der Waals surface area contributed by atoms with Crippen LogP contribution in [0.4, 0.5) is 26.1 Å². The van der Waals surface area contributed by atoms with Crippen LogP contribution in [0.3, 0.4) is 0 Å². The van der Waals surface area contributed by atoms with Gasteiger partial charge in [0, 0.05) is 25.7 Å². The quantitative estimate of drug-likeness (QED) is 0.159. The summed E-state index contributed by atoms with van der Waals surface area (Å²) in [5.41, 5.74) is 5.89. The van der Waals surface area contributed by atoms with Crippen LogP contribution in [0.1, 0.15) is 29.7 Å². The third-order valence-corrected chi connectivity index (χ3v) is 6.24. The Morgan fingerprint density at radius 2 is 1.80 bits per heavy atom. The van der Waals surface area contributed by atoms with E-state index in [2.05, 4.69) is 25.7 Å². The van der Waals surface area contributed by atoms with Crippen LogP contribution in [0.15, 0.2) is 48.5 Å². The Hall–Kier alpha value is -2.60. The normalized spacial score (nSPS) is 13.4. The van der Waals surface area contributed by atoms with Crippen molar-refractivity contribution in [2.45, 2.75) is 32.9 Å². The molecule has 35 heavy (non-hydrogen) atoms. The molecule has 11 heteroatoms. The van der Waals surface area contributed by atoms with Crippen molar-refractivity contribution < 1.29 is 13.1 Å². The number of hydrogen-bond acceptors (Lipinski definition) is 8. The van der Waals surface area contributed by atoms with E-state index in [4.69, 9.17) is 4.28 Å². The maximum Gasteiger partial charge on any atom is 0.214 e. The highest BCUT2D eigenvalue weighted by molar-refractivity contribution is 7.96. The Balaban J connectivity index is 0.00000342. The predicted molar refractivity (Wildman–Crippen MR) is 142 cm³/mol. The zero-order valence-electron chi connectivity index (χ0n) is 19.7. The van der Waals surface area contributed by atoms with E-state index in [0.717, 1.165) is 48.8 Å². The number of hydrogen-bond donors (Lipinski definition) is 2. The predicted octanol–water partition coefficient (Wildman–Crippen LogP) is 5.43. The third kappa shape index (κ3) is 7.44. The molecule has 188 valence electrons. The first-order chi connectivity index (χ1) is 16.5. The Kier molecular flexibility index (Phi) is 9.96. The summed E-state index contributed by atoms with van der Waals surface area (Å²) in [5, 5.41) is 3.26. The third-order valence-electron chi connectivity index (χ3n) is 5.66. The van der Waals surface area contributed by atoms with Gasteiger partial charge in [0.15, 0.2) is 5.82 Å². The van der Waals surface area contributed by atoms with Crippen molar-refractivity contribution >= 4 is 43.0 Å². The summed E-state index contributed by atoms with van der Waals surface area (Å²) in [5.74, 6) is 0.144. The molecule has 0 bridgehead atoms. The van der Waals surface area contributed by atoms with E-state index in [9.17, 15) is 8.78 Å². The number of benzene rings is 1. The zero-order chi connectivity index (χ0) is 23.9. The highest BCUT2D eigenvalue weighted by atomic mass is 32.2. The molecule has 0 amide bonds. The van der Waals surface area contributed by atoms with Crippen LogP contribution in [0, 0.1) is 18.7 Å². The van der Waals surface area contributed by atoms with Crippen molar-refractivity contribution in [3.8, 4) is 0 Å². The van der Waals surface area contributed by atoms with Crippen LogP contribution in [0.5, 0.6) is 0 Å². The Morgan fingerprint density at radius 3 is 2.54 bits per heavy atom. The molecule has 3 aromatic rings. The highest BCUT2D eigenvalue weighted by Crippen LogP contribution is 2.26. The summed E-state index contributed by atoms with van der Waals surface area (Å²) in [7, 11) is 1.83. The fraction of sp³-hybridized carbons (Fsp3) is 0.333. The topological polar surface area (TPSA) is 65.6 Å². The van der Waals surface area contributed by atoms with Crippen LogP contribution >= 0.6 is 25.7 Å². The van der Waals surface area contributed by atoms with Gasteiger partial charge in [-0.05, 0) is 68.8 Å². The van der Waals surface area contributed by atoms with Gasteiger partial charge in [0.25, 0.3) is 0 Å². The van der Waals surface area contributed by atoms with Gasteiger partial charge in [-0.1, -0.05) is 18.2 Å². The molecular weight excluding hydrogens is 490 g/mol. The molecule has 0 atom stereocenters. The van der Waals surface area contributed by atoms with Gasteiger partial charge in [-0.2, -0.15) is 22.2 Å². The fourth-order valence-electron chi connectivity index (χ4n) is 3.92. The SMILES string of the molecule is Cc1nc(NCc2c(F)cccc2CN2CCCC2)ccc1N(C)SONc1cccc(F)n1.S. The molecule has 0 radical (unpaired) electrons. The summed E-state index contributed by atoms with van der Waals surface area (Å²) in [6.07, 6.45) is 2.40. The summed E-state index contributed by atoms with van der Waals surface area (Å²) >= 11 is 1.02. The summed E-state index contributed by atoms with van der Waals surface area (Å²) in [4.78, 5) is 10.7. The fourth-order valence-corrected chi connectivity index (χ4v) is 4.43. The van der Waals surface area contributed by atoms with Crippen LogP contribution in [0.2, 0.25) is 0 Å². The first-order valence-electron chi connectivity index (χ1n) is 11.2. The first kappa shape index (κ1) is 27.0. The minimum atomic E-state index is -0.589. The lowest BCUT2D eigenvalue weighted by Gasteiger charge is -2.20. The van der Waals surface area contributed by atoms with Crippen molar-refractivity contribution in [2.24, 2.45) is 0 Å². The maximum absolute atomic E-state index is 14.6. The molecule has 3 heterocycles. The molecule has 1 aromatic carbocycles. The molecule has 0 saturated carbocycles. The van der Waals surface area contributed by atoms with E-state index in [1.807, 2.05) is 32.2 Å². The number of rotatable bonds is 10. The van der Waals surface area contributed by atoms with E-state index in [1.54, 1.807) is 22.5 Å². The second-order valence-electron chi connectivity index (χ2n) is 8.12. The lowest BCUT2D eigenvalue weighted by molar-refractivity contribution is 0.329. The molecule has 1 fully saturated rings. The number of aryl methyl sites for hydroxylation is 1. The molecule has 2 N–H and O–H groups in total. The van der Waals surface area contributed by atoms with Gasteiger partial charge in [0.2, 0.25) is 5.95 Å². The van der Waals surface area contributed by atoms with Crippen molar-refractivity contribution in [2.75, 3.05) is 35.2 Å². The molecule has 0 aliphatic carbocycles. The van der Waals surface area contributed by atoms with Gasteiger partial charge in [0.05, 0.1) is 11.4 Å². The van der Waals surface area contributed by atoms with Gasteiger partial charge in [0.1, 0.15) is 23.9 Å². The van der Waals surface area contributed by atoms with Gasteiger partial charge in [-0.25, -0.2) is 19.8 Å². The molecule has 2 aromatic heterocycles. The monoisotopic (exact) mass is 520 g/mol. The number of nitrogens with zero attached hydrogens (tertiary/aromatic N) is 4. The van der Waals surface area contributed by atoms with Gasteiger partial charge in [-0.15, -0.1) is 0 Å². The van der Waals surface area contributed by atoms with E-state index < -0.39 is 5.95 Å². The molecular formula is C24H30F2N6OS2. The Morgan fingerprint density at radius 1 is 1.03 bits per heavy atom. The first-order valence-corrected chi connectivity index (χ1v) is 11.9. The lowest BCUT2D eigenvalue weighted by atomic mass is 10.1. The number of nitrogens with one attached hydrogen (secondary N) is 2. The molecule has 1 saturated heterocycles. The molecule has 0 spiro atoms. The molecule has 7 nitrogen and oxygen atoms in total. The lowest BCUT2D eigenvalue weighted by Crippen LogP contribution is -2.20. The molecule has 1 aliphatic rings. The van der Waals surface area contributed by atoms with Gasteiger partial charge >= 0.3 is 0 Å². The summed E-state index contributed by atoms with van der Waals surface area (Å²) < 4.78 is 34.9. The minimum Gasteiger partial charge on any atom is -0.366 e. The van der Waals surface area contributed by atoms with Crippen molar-refractivity contribution in [3.63, 3.8) is 0 Å². The average molecular weight is 521 g/mol. The minimum absolute atomic E-state index is 0. The van der Waals surface area contributed by atoms with Crippen LogP contribution < -0.4 is 15.1 Å². The van der Waals surface area contributed by atoms with E-state index in [1.165, 1.54) is 25.0 Å². The largest absolute Gasteiger partial charge is 0.366 e. The standard InChI is InChI=1S/C24H28F2N6OS.H2S/c1-17-21(31(2)34-33-30-24-10-6-9-22(26)29-24)11-12-23(28-17)27-15-19-18(7-5-8-20(19)25)16-32-13-3-4-14-32;/h5-12H,3-4,13-16H2,1-2H3,(H,27,28)(H,29,30);1H2. The van der Waals surface area contributed by atoms with Crippen LogP contribution in [0.25, 0.3) is 0 Å². The number of anilines is 3. The van der Waals surface area contributed by atoms with Gasteiger partial charge < -0.3 is 5.32 Å². The van der Waals surface area contributed by atoms with E-state index >= 15 is 0 Å². The zero-order valence-corrected chi connectivity index (χ0v) is 21.5. The second kappa shape index (κ2) is 12.9. The summed E-state index contributed by atoms with van der Waals surface area (Å²) in [6, 6.07) is 13.4. The number of halogens is 2. The van der Waals surface area contributed by atoms with Crippen molar-refractivity contribution in [1.82, 2.24) is 14.9 Å². The Labute approximate surface area is 216 Å².